The predicted molar refractivity (Wildman–Crippen MR) is 92.7 cm³/mol. The molecule has 112 valence electrons. The lowest BCUT2D eigenvalue weighted by Crippen LogP contribution is -2.19. The van der Waals surface area contributed by atoms with Crippen LogP contribution in [0.15, 0.2) is 48.5 Å². The zero-order chi connectivity index (χ0) is 16.1. The maximum Gasteiger partial charge on any atom is 0.175 e. The topological polar surface area (TPSA) is 58.2 Å². The molecule has 4 nitrogen and oxygen atoms in total. The van der Waals surface area contributed by atoms with E-state index in [0.717, 1.165) is 11.4 Å². The van der Waals surface area contributed by atoms with Gasteiger partial charge in [-0.2, -0.15) is 0 Å². The normalized spacial score (nSPS) is 9.91. The third kappa shape index (κ3) is 4.23. The van der Waals surface area contributed by atoms with Gasteiger partial charge in [-0.05, 0) is 74.6 Å². The van der Waals surface area contributed by atoms with E-state index in [2.05, 4.69) is 10.6 Å². The summed E-state index contributed by atoms with van der Waals surface area (Å²) in [5, 5.41) is 6.51. The second-order valence-corrected chi connectivity index (χ2v) is 5.25. The highest BCUT2D eigenvalue weighted by atomic mass is 32.1. The number of rotatable bonds is 4. The molecule has 0 aliphatic rings. The maximum atomic E-state index is 11.2. The van der Waals surface area contributed by atoms with E-state index in [0.29, 0.717) is 16.2 Å². The van der Waals surface area contributed by atoms with Crippen LogP contribution in [0, 0.1) is 0 Å². The van der Waals surface area contributed by atoms with Crippen LogP contribution in [-0.2, 0) is 0 Å². The minimum absolute atomic E-state index is 0.0258. The molecule has 0 unspecified atom stereocenters. The number of benzene rings is 2. The molecule has 0 aromatic heterocycles. The van der Waals surface area contributed by atoms with Crippen molar-refractivity contribution in [3.63, 3.8) is 0 Å². The maximum absolute atomic E-state index is 11.2. The number of Topliss-reactive ketones (excluding diaryl/α,β-unsaturated/α-hetero) is 2. The first kappa shape index (κ1) is 15.9. The molecule has 0 fully saturated rings. The van der Waals surface area contributed by atoms with Crippen LogP contribution in [0.1, 0.15) is 34.6 Å². The number of hydrogen-bond donors (Lipinski definition) is 2. The van der Waals surface area contributed by atoms with E-state index in [1.54, 1.807) is 48.5 Å². The van der Waals surface area contributed by atoms with E-state index < -0.39 is 0 Å². The summed E-state index contributed by atoms with van der Waals surface area (Å²) in [4.78, 5) is 22.4. The third-order valence-corrected chi connectivity index (χ3v) is 3.30. The fourth-order valence-electron chi connectivity index (χ4n) is 1.87. The fraction of sp³-hybridized carbons (Fsp3) is 0.118. The highest BCUT2D eigenvalue weighted by molar-refractivity contribution is 7.80. The summed E-state index contributed by atoms with van der Waals surface area (Å²) in [6.07, 6.45) is 0. The molecule has 0 spiro atoms. The van der Waals surface area contributed by atoms with Crippen LogP contribution in [-0.4, -0.2) is 16.7 Å². The SMILES string of the molecule is CC(=O)c1ccc(NC(=S)Nc2ccc(C(C)=O)cc2)cc1. The van der Waals surface area contributed by atoms with Crippen LogP contribution in [0.25, 0.3) is 0 Å². The van der Waals surface area contributed by atoms with Gasteiger partial charge in [-0.25, -0.2) is 0 Å². The van der Waals surface area contributed by atoms with Crippen LogP contribution in [0.2, 0.25) is 0 Å². The van der Waals surface area contributed by atoms with Gasteiger partial charge in [0.15, 0.2) is 16.7 Å². The Balaban J connectivity index is 1.97. The zero-order valence-corrected chi connectivity index (χ0v) is 13.2. The van der Waals surface area contributed by atoms with Crippen molar-refractivity contribution in [2.45, 2.75) is 13.8 Å². The zero-order valence-electron chi connectivity index (χ0n) is 12.3. The Bertz CT molecular complexity index is 645. The molecule has 0 aliphatic carbocycles. The molecule has 2 aromatic carbocycles. The molecular formula is C17H16N2O2S. The summed E-state index contributed by atoms with van der Waals surface area (Å²) in [6, 6.07) is 14.2. The van der Waals surface area contributed by atoms with Crippen molar-refractivity contribution in [3.05, 3.63) is 59.7 Å². The number of hydrogen-bond acceptors (Lipinski definition) is 3. The molecule has 0 saturated carbocycles. The van der Waals surface area contributed by atoms with Crippen LogP contribution in [0.4, 0.5) is 11.4 Å². The second-order valence-electron chi connectivity index (χ2n) is 4.85. The Morgan fingerprint density at radius 1 is 0.727 bits per heavy atom. The average molecular weight is 312 g/mol. The molecule has 0 atom stereocenters. The average Bonchev–Trinajstić information content (AvgIpc) is 2.48. The van der Waals surface area contributed by atoms with E-state index in [9.17, 15) is 9.59 Å². The van der Waals surface area contributed by atoms with Crippen molar-refractivity contribution in [1.82, 2.24) is 0 Å². The van der Waals surface area contributed by atoms with Gasteiger partial charge in [0, 0.05) is 22.5 Å². The lowest BCUT2D eigenvalue weighted by molar-refractivity contribution is 0.100. The number of carbonyl (C=O) groups excluding carboxylic acids is 2. The summed E-state index contributed by atoms with van der Waals surface area (Å²) in [5.41, 5.74) is 2.90. The molecule has 0 bridgehead atoms. The smallest absolute Gasteiger partial charge is 0.175 e. The van der Waals surface area contributed by atoms with Crippen molar-refractivity contribution < 1.29 is 9.59 Å². The molecule has 0 radical (unpaired) electrons. The minimum Gasteiger partial charge on any atom is -0.332 e. The Kier molecular flexibility index (Phi) is 5.01. The van der Waals surface area contributed by atoms with Gasteiger partial charge in [-0.3, -0.25) is 9.59 Å². The monoisotopic (exact) mass is 312 g/mol. The molecular weight excluding hydrogens is 296 g/mol. The number of thiocarbonyl (C=S) groups is 1. The first-order valence-corrected chi connectivity index (χ1v) is 7.16. The quantitative estimate of drug-likeness (QED) is 0.662. The summed E-state index contributed by atoms with van der Waals surface area (Å²) in [5.74, 6) is 0.0515. The van der Waals surface area contributed by atoms with E-state index in [4.69, 9.17) is 12.2 Å². The van der Waals surface area contributed by atoms with Gasteiger partial charge in [0.05, 0.1) is 0 Å². The molecule has 0 amide bonds. The Labute approximate surface area is 134 Å². The minimum atomic E-state index is 0.0258. The van der Waals surface area contributed by atoms with E-state index in [1.807, 2.05) is 0 Å². The third-order valence-electron chi connectivity index (χ3n) is 3.10. The molecule has 0 heterocycles. The van der Waals surface area contributed by atoms with E-state index in [-0.39, 0.29) is 11.6 Å². The molecule has 22 heavy (non-hydrogen) atoms. The van der Waals surface area contributed by atoms with Gasteiger partial charge < -0.3 is 10.6 Å². The van der Waals surface area contributed by atoms with Gasteiger partial charge in [0.25, 0.3) is 0 Å². The highest BCUT2D eigenvalue weighted by Gasteiger charge is 2.03. The highest BCUT2D eigenvalue weighted by Crippen LogP contribution is 2.13. The summed E-state index contributed by atoms with van der Waals surface area (Å²) < 4.78 is 0. The van der Waals surface area contributed by atoms with Crippen molar-refractivity contribution >= 4 is 40.3 Å². The van der Waals surface area contributed by atoms with Crippen LogP contribution in [0.5, 0.6) is 0 Å². The molecule has 0 aliphatic heterocycles. The Morgan fingerprint density at radius 2 is 1.05 bits per heavy atom. The van der Waals surface area contributed by atoms with E-state index in [1.165, 1.54) is 13.8 Å². The Morgan fingerprint density at radius 3 is 1.32 bits per heavy atom. The van der Waals surface area contributed by atoms with Crippen molar-refractivity contribution in [3.8, 4) is 0 Å². The van der Waals surface area contributed by atoms with Crippen LogP contribution in [0.3, 0.4) is 0 Å². The van der Waals surface area contributed by atoms with E-state index >= 15 is 0 Å². The summed E-state index contributed by atoms with van der Waals surface area (Å²) in [6.45, 7) is 3.05. The summed E-state index contributed by atoms with van der Waals surface area (Å²) >= 11 is 5.23. The van der Waals surface area contributed by atoms with Gasteiger partial charge in [0.2, 0.25) is 0 Å². The van der Waals surface area contributed by atoms with Crippen molar-refractivity contribution in [2.24, 2.45) is 0 Å². The molecule has 2 rings (SSSR count). The van der Waals surface area contributed by atoms with Gasteiger partial charge in [-0.15, -0.1) is 0 Å². The fourth-order valence-corrected chi connectivity index (χ4v) is 2.11. The first-order chi connectivity index (χ1) is 10.5. The number of anilines is 2. The van der Waals surface area contributed by atoms with Crippen molar-refractivity contribution in [2.75, 3.05) is 10.6 Å². The van der Waals surface area contributed by atoms with Gasteiger partial charge in [-0.1, -0.05) is 0 Å². The summed E-state index contributed by atoms with van der Waals surface area (Å²) in [7, 11) is 0. The number of nitrogens with one attached hydrogen (secondary N) is 2. The molecule has 2 aromatic rings. The standard InChI is InChI=1S/C17H16N2O2S/c1-11(20)13-3-7-15(8-4-13)18-17(22)19-16-9-5-14(6-10-16)12(2)21/h3-10H,1-2H3,(H2,18,19,22). The molecule has 5 heteroatoms. The van der Waals surface area contributed by atoms with Crippen LogP contribution < -0.4 is 10.6 Å². The lowest BCUT2D eigenvalue weighted by Gasteiger charge is -2.11. The van der Waals surface area contributed by atoms with Gasteiger partial charge in [0.1, 0.15) is 0 Å². The second kappa shape index (κ2) is 6.95. The first-order valence-electron chi connectivity index (χ1n) is 6.76. The van der Waals surface area contributed by atoms with Crippen molar-refractivity contribution in [1.29, 1.82) is 0 Å². The van der Waals surface area contributed by atoms with Gasteiger partial charge >= 0.3 is 0 Å². The molecule has 0 saturated heterocycles. The number of carbonyl (C=O) groups is 2. The lowest BCUT2D eigenvalue weighted by atomic mass is 10.1. The predicted octanol–water partition coefficient (Wildman–Crippen LogP) is 3.90. The number of ketones is 2. The van der Waals surface area contributed by atoms with Crippen LogP contribution >= 0.6 is 12.2 Å². The molecule has 2 N–H and O–H groups in total. The largest absolute Gasteiger partial charge is 0.332 e. The Hall–Kier alpha value is -2.53.